The first-order valence-corrected chi connectivity index (χ1v) is 5.96. The summed E-state index contributed by atoms with van der Waals surface area (Å²) in [5.74, 6) is 0.435. The van der Waals surface area contributed by atoms with Crippen LogP contribution in [0.4, 0.5) is 5.69 Å². The number of nitrogens with zero attached hydrogens (tertiary/aromatic N) is 1. The molecule has 1 atom stereocenters. The van der Waals surface area contributed by atoms with Crippen molar-refractivity contribution >= 4 is 18.3 Å². The molecule has 1 aliphatic rings. The molecule has 0 aliphatic carbocycles. The molecule has 1 unspecified atom stereocenters. The Balaban J connectivity index is 2.45. The Labute approximate surface area is 103 Å². The molecule has 0 spiro atoms. The van der Waals surface area contributed by atoms with Gasteiger partial charge < -0.3 is 4.90 Å². The zero-order chi connectivity index (χ0) is 11.7. The lowest BCUT2D eigenvalue weighted by atomic mass is 9.95. The summed E-state index contributed by atoms with van der Waals surface area (Å²) in [5.41, 5.74) is 3.76. The SMILES string of the molecule is C=C(C)CN1C(S)=CC(C)c2ccccc21. The van der Waals surface area contributed by atoms with Crippen LogP contribution in [0.3, 0.4) is 0 Å². The summed E-state index contributed by atoms with van der Waals surface area (Å²) in [6.07, 6.45) is 2.19. The number of hydrogen-bond donors (Lipinski definition) is 1. The van der Waals surface area contributed by atoms with Crippen molar-refractivity contribution in [3.8, 4) is 0 Å². The molecule has 0 N–H and O–H groups in total. The summed E-state index contributed by atoms with van der Waals surface area (Å²) in [6.45, 7) is 9.05. The van der Waals surface area contributed by atoms with Gasteiger partial charge >= 0.3 is 0 Å². The molecule has 0 amide bonds. The van der Waals surface area contributed by atoms with Crippen LogP contribution < -0.4 is 4.90 Å². The van der Waals surface area contributed by atoms with Crippen molar-refractivity contribution in [2.45, 2.75) is 19.8 Å². The lowest BCUT2D eigenvalue weighted by molar-refractivity contribution is 0.885. The van der Waals surface area contributed by atoms with Gasteiger partial charge in [-0.15, -0.1) is 12.6 Å². The Kier molecular flexibility index (Phi) is 3.10. The van der Waals surface area contributed by atoms with Gasteiger partial charge in [-0.2, -0.15) is 0 Å². The minimum absolute atomic E-state index is 0.435. The fourth-order valence-electron chi connectivity index (χ4n) is 2.08. The second-order valence-corrected chi connectivity index (χ2v) is 4.87. The third kappa shape index (κ3) is 2.03. The van der Waals surface area contributed by atoms with Crippen LogP contribution in [-0.4, -0.2) is 6.54 Å². The van der Waals surface area contributed by atoms with Crippen LogP contribution in [0.25, 0.3) is 0 Å². The molecule has 2 heteroatoms. The number of fused-ring (bicyclic) bond motifs is 1. The van der Waals surface area contributed by atoms with Crippen molar-refractivity contribution in [1.82, 2.24) is 0 Å². The van der Waals surface area contributed by atoms with Crippen LogP contribution in [0.15, 0.2) is 47.5 Å². The van der Waals surface area contributed by atoms with Crippen LogP contribution in [0.2, 0.25) is 0 Å². The number of hydrogen-bond acceptors (Lipinski definition) is 2. The maximum absolute atomic E-state index is 4.56. The van der Waals surface area contributed by atoms with E-state index in [0.29, 0.717) is 5.92 Å². The largest absolute Gasteiger partial charge is 0.332 e. The summed E-state index contributed by atoms with van der Waals surface area (Å²) in [4.78, 5) is 2.21. The highest BCUT2D eigenvalue weighted by Gasteiger charge is 2.21. The number of benzene rings is 1. The minimum Gasteiger partial charge on any atom is -0.332 e. The number of rotatable bonds is 2. The number of thiol groups is 1. The average molecular weight is 231 g/mol. The molecule has 0 radical (unpaired) electrons. The van der Waals surface area contributed by atoms with E-state index in [9.17, 15) is 0 Å². The van der Waals surface area contributed by atoms with E-state index in [1.165, 1.54) is 11.3 Å². The predicted molar refractivity (Wildman–Crippen MR) is 74.1 cm³/mol. The Morgan fingerprint density at radius 2 is 2.12 bits per heavy atom. The summed E-state index contributed by atoms with van der Waals surface area (Å²) >= 11 is 4.56. The smallest absolute Gasteiger partial charge is 0.0689 e. The third-order valence-corrected chi connectivity index (χ3v) is 3.21. The maximum Gasteiger partial charge on any atom is 0.0689 e. The van der Waals surface area contributed by atoms with Gasteiger partial charge in [0.1, 0.15) is 0 Å². The van der Waals surface area contributed by atoms with E-state index in [0.717, 1.165) is 17.1 Å². The van der Waals surface area contributed by atoms with E-state index >= 15 is 0 Å². The minimum atomic E-state index is 0.435. The summed E-state index contributed by atoms with van der Waals surface area (Å²) < 4.78 is 0. The second-order valence-electron chi connectivity index (χ2n) is 4.42. The van der Waals surface area contributed by atoms with E-state index in [1.807, 2.05) is 6.92 Å². The molecular formula is C14H17NS. The lowest BCUT2D eigenvalue weighted by Gasteiger charge is -2.33. The van der Waals surface area contributed by atoms with Crippen molar-refractivity contribution in [3.05, 3.63) is 53.1 Å². The monoisotopic (exact) mass is 231 g/mol. The number of allylic oxidation sites excluding steroid dienone is 1. The quantitative estimate of drug-likeness (QED) is 0.595. The Morgan fingerprint density at radius 1 is 1.44 bits per heavy atom. The topological polar surface area (TPSA) is 3.24 Å². The van der Waals surface area contributed by atoms with E-state index < -0.39 is 0 Å². The van der Waals surface area contributed by atoms with Gasteiger partial charge in [-0.25, -0.2) is 0 Å². The first-order chi connectivity index (χ1) is 7.59. The van der Waals surface area contributed by atoms with Gasteiger partial charge in [0.25, 0.3) is 0 Å². The van der Waals surface area contributed by atoms with Crippen molar-refractivity contribution in [2.24, 2.45) is 0 Å². The molecule has 0 bridgehead atoms. The number of para-hydroxylation sites is 1. The van der Waals surface area contributed by atoms with Crippen LogP contribution >= 0.6 is 12.6 Å². The van der Waals surface area contributed by atoms with Gasteiger partial charge in [0.2, 0.25) is 0 Å². The lowest BCUT2D eigenvalue weighted by Crippen LogP contribution is -2.26. The molecular weight excluding hydrogens is 214 g/mol. The Bertz CT molecular complexity index is 448. The molecule has 1 nitrogen and oxygen atoms in total. The van der Waals surface area contributed by atoms with Crippen molar-refractivity contribution < 1.29 is 0 Å². The zero-order valence-electron chi connectivity index (χ0n) is 9.77. The first-order valence-electron chi connectivity index (χ1n) is 5.51. The highest BCUT2D eigenvalue weighted by molar-refractivity contribution is 7.84. The third-order valence-electron chi connectivity index (χ3n) is 2.82. The molecule has 1 heterocycles. The normalized spacial score (nSPS) is 19.1. The highest BCUT2D eigenvalue weighted by atomic mass is 32.1. The van der Waals surface area contributed by atoms with Crippen molar-refractivity contribution in [3.63, 3.8) is 0 Å². The highest BCUT2D eigenvalue weighted by Crippen LogP contribution is 2.37. The maximum atomic E-state index is 4.56. The van der Waals surface area contributed by atoms with Gasteiger partial charge in [-0.05, 0) is 24.6 Å². The second kappa shape index (κ2) is 4.38. The fraction of sp³-hybridized carbons (Fsp3) is 0.286. The molecule has 1 aliphatic heterocycles. The molecule has 0 saturated heterocycles. The molecule has 2 rings (SSSR count). The van der Waals surface area contributed by atoms with E-state index in [1.54, 1.807) is 0 Å². The summed E-state index contributed by atoms with van der Waals surface area (Å²) in [6, 6.07) is 8.50. The zero-order valence-corrected chi connectivity index (χ0v) is 10.7. The fourth-order valence-corrected chi connectivity index (χ4v) is 2.48. The summed E-state index contributed by atoms with van der Waals surface area (Å²) in [5, 5.41) is 1.02. The summed E-state index contributed by atoms with van der Waals surface area (Å²) in [7, 11) is 0. The van der Waals surface area contributed by atoms with E-state index in [2.05, 4.69) is 61.4 Å². The van der Waals surface area contributed by atoms with Crippen LogP contribution in [-0.2, 0) is 0 Å². The first kappa shape index (κ1) is 11.3. The molecule has 1 aromatic carbocycles. The van der Waals surface area contributed by atoms with Crippen molar-refractivity contribution in [2.75, 3.05) is 11.4 Å². The van der Waals surface area contributed by atoms with Gasteiger partial charge in [-0.1, -0.05) is 37.3 Å². The Morgan fingerprint density at radius 3 is 2.81 bits per heavy atom. The van der Waals surface area contributed by atoms with Crippen molar-refractivity contribution in [1.29, 1.82) is 0 Å². The van der Waals surface area contributed by atoms with Crippen LogP contribution in [0, 0.1) is 0 Å². The van der Waals surface area contributed by atoms with E-state index in [4.69, 9.17) is 0 Å². The molecule has 0 fully saturated rings. The molecule has 0 saturated carbocycles. The van der Waals surface area contributed by atoms with Gasteiger partial charge in [-0.3, -0.25) is 0 Å². The Hall–Kier alpha value is -1.15. The molecule has 1 aromatic rings. The molecule has 84 valence electrons. The van der Waals surface area contributed by atoms with Gasteiger partial charge in [0, 0.05) is 18.2 Å². The average Bonchev–Trinajstić information content (AvgIpc) is 2.24. The van der Waals surface area contributed by atoms with Gasteiger partial charge in [0.05, 0.1) is 5.03 Å². The van der Waals surface area contributed by atoms with E-state index in [-0.39, 0.29) is 0 Å². The standard InChI is InChI=1S/C14H17NS/c1-10(2)9-15-13-7-5-4-6-12(13)11(3)8-14(15)16/h4-8,11,16H,1,9H2,2-3H3. The predicted octanol–water partition coefficient (Wildman–Crippen LogP) is 3.96. The number of anilines is 1. The molecule has 16 heavy (non-hydrogen) atoms. The van der Waals surface area contributed by atoms with Crippen LogP contribution in [0.1, 0.15) is 25.3 Å². The van der Waals surface area contributed by atoms with Crippen LogP contribution in [0.5, 0.6) is 0 Å². The van der Waals surface area contributed by atoms with Gasteiger partial charge in [0.15, 0.2) is 0 Å². The molecule has 0 aromatic heterocycles.